The predicted octanol–water partition coefficient (Wildman–Crippen LogP) is 7.08. The highest BCUT2D eigenvalue weighted by atomic mass is 32.2. The zero-order valence-electron chi connectivity index (χ0n) is 22.2. The molecule has 2 aromatic carbocycles. The number of carbonyl (C=O) groups is 2. The van der Waals surface area contributed by atoms with E-state index in [1.807, 2.05) is 84.0 Å². The Morgan fingerprint density at radius 1 is 0.971 bits per heavy atom. The Kier molecular flexibility index (Phi) is 10.7. The third kappa shape index (κ3) is 9.25. The number of anilines is 1. The summed E-state index contributed by atoms with van der Waals surface area (Å²) in [5.41, 5.74) is 1.16. The van der Waals surface area contributed by atoms with Gasteiger partial charge in [-0.05, 0) is 62.4 Å². The van der Waals surface area contributed by atoms with Gasteiger partial charge < -0.3 is 14.8 Å². The van der Waals surface area contributed by atoms with Gasteiger partial charge in [0.2, 0.25) is 0 Å². The first-order valence-electron chi connectivity index (χ1n) is 12.3. The van der Waals surface area contributed by atoms with Crippen LogP contribution in [0.2, 0.25) is 0 Å². The molecule has 0 bridgehead atoms. The first-order chi connectivity index (χ1) is 16.5. The topological polar surface area (TPSA) is 64.6 Å². The maximum Gasteiger partial charge on any atom is 0.313 e. The van der Waals surface area contributed by atoms with E-state index in [9.17, 15) is 9.59 Å². The molecule has 0 aromatic heterocycles. The Balaban J connectivity index is 2.39. The van der Waals surface area contributed by atoms with E-state index in [0.717, 1.165) is 23.4 Å². The highest BCUT2D eigenvalue weighted by molar-refractivity contribution is 8.14. The third-order valence-corrected chi connectivity index (χ3v) is 6.90. The van der Waals surface area contributed by atoms with Crippen molar-refractivity contribution < 1.29 is 19.1 Å². The van der Waals surface area contributed by atoms with Gasteiger partial charge in [-0.1, -0.05) is 69.8 Å². The fourth-order valence-corrected chi connectivity index (χ4v) is 4.84. The van der Waals surface area contributed by atoms with Crippen LogP contribution in [-0.4, -0.2) is 35.6 Å². The molecule has 0 saturated heterocycles. The average Bonchev–Trinajstić information content (AvgIpc) is 2.81. The highest BCUT2D eigenvalue weighted by Crippen LogP contribution is 2.37. The molecule has 0 aliphatic heterocycles. The molecule has 2 unspecified atom stereocenters. The van der Waals surface area contributed by atoms with Gasteiger partial charge in [0.15, 0.2) is 5.12 Å². The van der Waals surface area contributed by atoms with E-state index >= 15 is 0 Å². The van der Waals surface area contributed by atoms with Gasteiger partial charge >= 0.3 is 5.97 Å². The molecule has 35 heavy (non-hydrogen) atoms. The van der Waals surface area contributed by atoms with Crippen molar-refractivity contribution in [2.24, 2.45) is 5.41 Å². The van der Waals surface area contributed by atoms with Gasteiger partial charge in [-0.25, -0.2) is 0 Å². The summed E-state index contributed by atoms with van der Waals surface area (Å²) in [6, 6.07) is 17.5. The van der Waals surface area contributed by atoms with Crippen molar-refractivity contribution in [3.8, 4) is 5.75 Å². The Hall–Kier alpha value is -2.47. The molecule has 0 fully saturated rings. The lowest BCUT2D eigenvalue weighted by Gasteiger charge is -2.36. The van der Waals surface area contributed by atoms with Gasteiger partial charge in [0, 0.05) is 22.9 Å². The number of nitrogens with one attached hydrogen (secondary N) is 1. The first kappa shape index (κ1) is 28.8. The van der Waals surface area contributed by atoms with Crippen molar-refractivity contribution in [1.29, 1.82) is 0 Å². The standard InChI is InChI=1S/C29H41NO4S/c1-8-18-34-27(32)29(5,6)25(30-23-14-16-24(33-7)17-15-23)19-22(21-12-10-9-11-13-21)20-26(31)35-28(2,3)4/h9-17,22,25,30H,8,18-20H2,1-7H3. The monoisotopic (exact) mass is 499 g/mol. The normalized spacial score (nSPS) is 13.6. The van der Waals surface area contributed by atoms with Crippen molar-refractivity contribution in [3.63, 3.8) is 0 Å². The van der Waals surface area contributed by atoms with Crippen LogP contribution in [0.5, 0.6) is 5.75 Å². The average molecular weight is 500 g/mol. The molecule has 2 aromatic rings. The van der Waals surface area contributed by atoms with Crippen LogP contribution in [0.4, 0.5) is 5.69 Å². The maximum absolute atomic E-state index is 13.1. The predicted molar refractivity (Wildman–Crippen MR) is 146 cm³/mol. The van der Waals surface area contributed by atoms with E-state index in [-0.39, 0.29) is 27.8 Å². The number of ether oxygens (including phenoxy) is 2. The lowest BCUT2D eigenvalue weighted by Crippen LogP contribution is -2.44. The quantitative estimate of drug-likeness (QED) is 0.315. The summed E-state index contributed by atoms with van der Waals surface area (Å²) in [6.07, 6.45) is 1.76. The Morgan fingerprint density at radius 2 is 1.60 bits per heavy atom. The second kappa shape index (κ2) is 13.0. The van der Waals surface area contributed by atoms with E-state index in [2.05, 4.69) is 17.4 Å². The molecule has 0 aliphatic carbocycles. The van der Waals surface area contributed by atoms with Gasteiger partial charge in [0.05, 0.1) is 19.1 Å². The first-order valence-corrected chi connectivity index (χ1v) is 13.1. The van der Waals surface area contributed by atoms with Gasteiger partial charge in [0.1, 0.15) is 5.75 Å². The maximum atomic E-state index is 13.1. The third-order valence-electron chi connectivity index (χ3n) is 5.89. The summed E-state index contributed by atoms with van der Waals surface area (Å²) >= 11 is 1.37. The molecule has 2 atom stereocenters. The minimum atomic E-state index is -0.817. The van der Waals surface area contributed by atoms with Crippen molar-refractivity contribution in [2.75, 3.05) is 19.0 Å². The molecule has 6 heteroatoms. The van der Waals surface area contributed by atoms with Crippen molar-refractivity contribution >= 4 is 28.5 Å². The van der Waals surface area contributed by atoms with Gasteiger partial charge in [-0.3, -0.25) is 9.59 Å². The minimum Gasteiger partial charge on any atom is -0.497 e. The minimum absolute atomic E-state index is 0.0486. The second-order valence-corrected chi connectivity index (χ2v) is 12.3. The fourth-order valence-electron chi connectivity index (χ4n) is 3.88. The number of hydrogen-bond acceptors (Lipinski definition) is 6. The summed E-state index contributed by atoms with van der Waals surface area (Å²) in [6.45, 7) is 12.4. The van der Waals surface area contributed by atoms with Gasteiger partial charge in [0.25, 0.3) is 0 Å². The Morgan fingerprint density at radius 3 is 2.14 bits per heavy atom. The number of benzene rings is 2. The molecule has 0 amide bonds. The van der Waals surface area contributed by atoms with Crippen molar-refractivity contribution in [1.82, 2.24) is 0 Å². The molecular formula is C29H41NO4S. The van der Waals surface area contributed by atoms with Crippen LogP contribution in [0.3, 0.4) is 0 Å². The number of hydrogen-bond donors (Lipinski definition) is 1. The molecule has 0 spiro atoms. The van der Waals surface area contributed by atoms with Gasteiger partial charge in [-0.15, -0.1) is 0 Å². The van der Waals surface area contributed by atoms with Crippen LogP contribution in [0.25, 0.3) is 0 Å². The van der Waals surface area contributed by atoms with E-state index in [1.54, 1.807) is 7.11 Å². The van der Waals surface area contributed by atoms with Crippen molar-refractivity contribution in [2.45, 2.75) is 77.5 Å². The van der Waals surface area contributed by atoms with Crippen molar-refractivity contribution in [3.05, 3.63) is 60.2 Å². The van der Waals surface area contributed by atoms with Crippen LogP contribution in [-0.2, 0) is 14.3 Å². The van der Waals surface area contributed by atoms with Crippen LogP contribution < -0.4 is 10.1 Å². The summed E-state index contributed by atoms with van der Waals surface area (Å²) < 4.78 is 10.7. The molecule has 0 saturated carbocycles. The molecule has 2 rings (SSSR count). The Labute approximate surface area is 215 Å². The van der Waals surface area contributed by atoms with Crippen LogP contribution in [0.15, 0.2) is 54.6 Å². The molecule has 0 heterocycles. The lowest BCUT2D eigenvalue weighted by molar-refractivity contribution is -0.155. The van der Waals surface area contributed by atoms with E-state index in [4.69, 9.17) is 9.47 Å². The molecule has 1 N–H and O–H groups in total. The zero-order valence-corrected chi connectivity index (χ0v) is 23.0. The summed E-state index contributed by atoms with van der Waals surface area (Å²) in [5, 5.41) is 3.73. The zero-order chi connectivity index (χ0) is 26.1. The SMILES string of the molecule is CCCOC(=O)C(C)(C)C(CC(CC(=O)SC(C)(C)C)c1ccccc1)Nc1ccc(OC)cc1. The second-order valence-electron chi connectivity index (χ2n) is 10.4. The number of carbonyl (C=O) groups excluding carboxylic acids is 2. The molecule has 192 valence electrons. The van der Waals surface area contributed by atoms with E-state index in [1.165, 1.54) is 11.8 Å². The van der Waals surface area contributed by atoms with Crippen LogP contribution in [0.1, 0.15) is 72.3 Å². The highest BCUT2D eigenvalue weighted by Gasteiger charge is 2.40. The molecule has 0 radical (unpaired) electrons. The summed E-state index contributed by atoms with van der Waals surface area (Å²) in [4.78, 5) is 26.1. The number of rotatable bonds is 12. The lowest BCUT2D eigenvalue weighted by atomic mass is 9.77. The van der Waals surface area contributed by atoms with E-state index < -0.39 is 5.41 Å². The summed E-state index contributed by atoms with van der Waals surface area (Å²) in [7, 11) is 1.63. The summed E-state index contributed by atoms with van der Waals surface area (Å²) in [5.74, 6) is 0.473. The smallest absolute Gasteiger partial charge is 0.313 e. The van der Waals surface area contributed by atoms with Gasteiger partial charge in [-0.2, -0.15) is 0 Å². The van der Waals surface area contributed by atoms with Crippen LogP contribution in [0, 0.1) is 5.41 Å². The molecule has 5 nitrogen and oxygen atoms in total. The van der Waals surface area contributed by atoms with E-state index in [0.29, 0.717) is 19.4 Å². The Bertz CT molecular complexity index is 935. The largest absolute Gasteiger partial charge is 0.497 e. The number of esters is 1. The van der Waals surface area contributed by atoms with Crippen LogP contribution >= 0.6 is 11.8 Å². The number of methoxy groups -OCH3 is 1. The molecular weight excluding hydrogens is 458 g/mol. The molecule has 0 aliphatic rings. The number of thioether (sulfide) groups is 1. The fraction of sp³-hybridized carbons (Fsp3) is 0.517.